The predicted octanol–water partition coefficient (Wildman–Crippen LogP) is 2.88. The standard InChI is InChI=1S/C24H29N7O2/c32-22(33)14-21(18-15-26-24(27-16-18)30-11-3-12-30)31-13-9-20(29-31)6-1-5-19-8-7-17-4-2-10-25-23(17)28-19/h7-9,13,15-16,21H,1-6,10-12,14H2,(H,25,28)(H,32,33). The molecule has 0 amide bonds. The number of nitrogens with zero attached hydrogens (tertiary/aromatic N) is 6. The number of anilines is 2. The number of pyridine rings is 1. The Balaban J connectivity index is 1.23. The van der Waals surface area contributed by atoms with Crippen LogP contribution in [0, 0.1) is 0 Å². The van der Waals surface area contributed by atoms with Gasteiger partial charge in [0.2, 0.25) is 5.95 Å². The number of hydrogen-bond donors (Lipinski definition) is 2. The highest BCUT2D eigenvalue weighted by atomic mass is 16.4. The minimum absolute atomic E-state index is 0.0699. The third-order valence-corrected chi connectivity index (χ3v) is 6.35. The second kappa shape index (κ2) is 9.56. The number of fused-ring (bicyclic) bond motifs is 1. The number of rotatable bonds is 9. The van der Waals surface area contributed by atoms with Crippen LogP contribution in [-0.2, 0) is 24.1 Å². The first kappa shape index (κ1) is 21.4. The van der Waals surface area contributed by atoms with Gasteiger partial charge in [0.1, 0.15) is 5.82 Å². The summed E-state index contributed by atoms with van der Waals surface area (Å²) in [5.41, 5.74) is 4.09. The van der Waals surface area contributed by atoms with E-state index in [4.69, 9.17) is 4.98 Å². The van der Waals surface area contributed by atoms with Crippen molar-refractivity contribution in [2.75, 3.05) is 29.9 Å². The highest BCUT2D eigenvalue weighted by molar-refractivity contribution is 5.68. The topological polar surface area (TPSA) is 109 Å². The molecule has 0 radical (unpaired) electrons. The first-order valence-electron chi connectivity index (χ1n) is 11.7. The van der Waals surface area contributed by atoms with E-state index in [2.05, 4.69) is 37.4 Å². The highest BCUT2D eigenvalue weighted by Crippen LogP contribution is 2.24. The lowest BCUT2D eigenvalue weighted by molar-refractivity contribution is -0.137. The number of carboxylic acids is 1. The summed E-state index contributed by atoms with van der Waals surface area (Å²) in [5.74, 6) is 0.851. The van der Waals surface area contributed by atoms with E-state index in [1.54, 1.807) is 17.1 Å². The Bertz CT molecular complexity index is 1110. The van der Waals surface area contributed by atoms with Gasteiger partial charge in [0, 0.05) is 49.5 Å². The summed E-state index contributed by atoms with van der Waals surface area (Å²) in [7, 11) is 0. The fraction of sp³-hybridized carbons (Fsp3) is 0.458. The van der Waals surface area contributed by atoms with Crippen molar-refractivity contribution in [3.8, 4) is 0 Å². The Kier molecular flexibility index (Phi) is 6.19. The summed E-state index contributed by atoms with van der Waals surface area (Å²) in [6, 6.07) is 5.84. The van der Waals surface area contributed by atoms with Crippen LogP contribution >= 0.6 is 0 Å². The molecule has 1 fully saturated rings. The Morgan fingerprint density at radius 3 is 2.67 bits per heavy atom. The lowest BCUT2D eigenvalue weighted by atomic mass is 10.1. The summed E-state index contributed by atoms with van der Waals surface area (Å²) in [6.45, 7) is 2.93. The molecule has 0 spiro atoms. The van der Waals surface area contributed by atoms with Crippen LogP contribution in [0.25, 0.3) is 0 Å². The molecule has 9 nitrogen and oxygen atoms in total. The van der Waals surface area contributed by atoms with E-state index in [1.807, 2.05) is 12.3 Å². The third-order valence-electron chi connectivity index (χ3n) is 6.35. The Morgan fingerprint density at radius 2 is 1.91 bits per heavy atom. The highest BCUT2D eigenvalue weighted by Gasteiger charge is 2.22. The van der Waals surface area contributed by atoms with Gasteiger partial charge in [0.25, 0.3) is 0 Å². The van der Waals surface area contributed by atoms with Crippen molar-refractivity contribution < 1.29 is 9.90 Å². The molecule has 5 rings (SSSR count). The van der Waals surface area contributed by atoms with Crippen LogP contribution in [0.2, 0.25) is 0 Å². The van der Waals surface area contributed by atoms with Gasteiger partial charge in [0.05, 0.1) is 18.2 Å². The van der Waals surface area contributed by atoms with Gasteiger partial charge in [-0.05, 0) is 56.2 Å². The molecule has 1 unspecified atom stereocenters. The van der Waals surface area contributed by atoms with E-state index in [9.17, 15) is 9.90 Å². The largest absolute Gasteiger partial charge is 0.481 e. The molecule has 0 bridgehead atoms. The average molecular weight is 448 g/mol. The molecular formula is C24H29N7O2. The van der Waals surface area contributed by atoms with Crippen molar-refractivity contribution in [2.24, 2.45) is 0 Å². The molecule has 33 heavy (non-hydrogen) atoms. The molecule has 0 aliphatic carbocycles. The summed E-state index contributed by atoms with van der Waals surface area (Å²) < 4.78 is 1.73. The van der Waals surface area contributed by atoms with Gasteiger partial charge in [0.15, 0.2) is 0 Å². The molecule has 0 aromatic carbocycles. The van der Waals surface area contributed by atoms with Crippen molar-refractivity contribution in [1.29, 1.82) is 0 Å². The Hall–Kier alpha value is -3.49. The number of hydrogen-bond acceptors (Lipinski definition) is 7. The fourth-order valence-corrected chi connectivity index (χ4v) is 4.36. The van der Waals surface area contributed by atoms with Crippen molar-refractivity contribution in [2.45, 2.75) is 51.0 Å². The molecule has 1 atom stereocenters. The molecule has 2 N–H and O–H groups in total. The minimum Gasteiger partial charge on any atom is -0.481 e. The molecule has 5 heterocycles. The van der Waals surface area contributed by atoms with E-state index >= 15 is 0 Å². The molecule has 2 aliphatic rings. The quantitative estimate of drug-likeness (QED) is 0.515. The van der Waals surface area contributed by atoms with Gasteiger partial charge >= 0.3 is 5.97 Å². The van der Waals surface area contributed by atoms with Crippen molar-refractivity contribution in [3.63, 3.8) is 0 Å². The summed E-state index contributed by atoms with van der Waals surface area (Å²) >= 11 is 0. The number of aliphatic carboxylic acids is 1. The maximum Gasteiger partial charge on any atom is 0.305 e. The lowest BCUT2D eigenvalue weighted by Crippen LogP contribution is -2.38. The normalized spacial score (nSPS) is 15.9. The first-order valence-corrected chi connectivity index (χ1v) is 11.7. The molecule has 3 aromatic heterocycles. The van der Waals surface area contributed by atoms with Crippen LogP contribution in [0.3, 0.4) is 0 Å². The summed E-state index contributed by atoms with van der Waals surface area (Å²) in [6.07, 6.45) is 11.3. The number of nitrogens with one attached hydrogen (secondary N) is 1. The van der Waals surface area contributed by atoms with Crippen LogP contribution < -0.4 is 10.2 Å². The number of aryl methyl sites for hydroxylation is 3. The monoisotopic (exact) mass is 447 g/mol. The Morgan fingerprint density at radius 1 is 1.09 bits per heavy atom. The molecule has 0 saturated carbocycles. The van der Waals surface area contributed by atoms with Crippen molar-refractivity contribution in [1.82, 2.24) is 24.7 Å². The van der Waals surface area contributed by atoms with Gasteiger partial charge in [-0.3, -0.25) is 9.48 Å². The molecule has 3 aromatic rings. The maximum absolute atomic E-state index is 11.5. The molecule has 2 aliphatic heterocycles. The zero-order valence-electron chi connectivity index (χ0n) is 18.7. The molecule has 9 heteroatoms. The zero-order chi connectivity index (χ0) is 22.6. The van der Waals surface area contributed by atoms with Gasteiger partial charge in [-0.25, -0.2) is 15.0 Å². The molecule has 1 saturated heterocycles. The second-order valence-electron chi connectivity index (χ2n) is 8.75. The van der Waals surface area contributed by atoms with Crippen LogP contribution in [0.5, 0.6) is 0 Å². The van der Waals surface area contributed by atoms with Gasteiger partial charge < -0.3 is 15.3 Å². The van der Waals surface area contributed by atoms with Gasteiger partial charge in [-0.2, -0.15) is 5.10 Å². The van der Waals surface area contributed by atoms with E-state index < -0.39 is 12.0 Å². The first-order chi connectivity index (χ1) is 16.2. The van der Waals surface area contributed by atoms with Crippen molar-refractivity contribution in [3.05, 3.63) is 59.3 Å². The SMILES string of the molecule is O=C(O)CC(c1cnc(N2CCC2)nc1)n1ccc(CCCc2ccc3c(n2)NCCC3)n1. The number of carboxylic acid groups (broad SMARTS) is 1. The third kappa shape index (κ3) is 4.97. The van der Waals surface area contributed by atoms with Crippen molar-refractivity contribution >= 4 is 17.7 Å². The van der Waals surface area contributed by atoms with Gasteiger partial charge in [-0.1, -0.05) is 6.07 Å². The van der Waals surface area contributed by atoms with E-state index in [1.165, 1.54) is 5.56 Å². The van der Waals surface area contributed by atoms with E-state index in [0.717, 1.165) is 80.9 Å². The predicted molar refractivity (Wildman–Crippen MR) is 125 cm³/mol. The van der Waals surface area contributed by atoms with E-state index in [-0.39, 0.29) is 6.42 Å². The minimum atomic E-state index is -0.879. The van der Waals surface area contributed by atoms with Gasteiger partial charge in [-0.15, -0.1) is 0 Å². The molecule has 172 valence electrons. The summed E-state index contributed by atoms with van der Waals surface area (Å²) in [4.78, 5) is 27.3. The fourth-order valence-electron chi connectivity index (χ4n) is 4.36. The average Bonchev–Trinajstić information content (AvgIpc) is 3.25. The molecular weight excluding hydrogens is 418 g/mol. The van der Waals surface area contributed by atoms with E-state index in [0.29, 0.717) is 5.95 Å². The smallest absolute Gasteiger partial charge is 0.305 e. The van der Waals surface area contributed by atoms with Crippen LogP contribution in [0.4, 0.5) is 11.8 Å². The Labute approximate surface area is 192 Å². The summed E-state index contributed by atoms with van der Waals surface area (Å²) in [5, 5.41) is 17.5. The number of aromatic nitrogens is 5. The zero-order valence-corrected chi connectivity index (χ0v) is 18.7. The number of carbonyl (C=O) groups is 1. The second-order valence-corrected chi connectivity index (χ2v) is 8.75. The maximum atomic E-state index is 11.5. The van der Waals surface area contributed by atoms with Crippen LogP contribution in [0.15, 0.2) is 36.8 Å². The van der Waals surface area contributed by atoms with Crippen LogP contribution in [-0.4, -0.2) is 55.4 Å². The lowest BCUT2D eigenvalue weighted by Gasteiger charge is -2.30. The van der Waals surface area contributed by atoms with Crippen LogP contribution in [0.1, 0.15) is 54.2 Å².